The van der Waals surface area contributed by atoms with Crippen LogP contribution in [0, 0.1) is 11.3 Å². The minimum Gasteiger partial charge on any atom is -0.385 e. The van der Waals surface area contributed by atoms with E-state index in [9.17, 15) is 10.3 Å². The van der Waals surface area contributed by atoms with Gasteiger partial charge in [-0.05, 0) is 32.9 Å². The van der Waals surface area contributed by atoms with E-state index in [4.69, 9.17) is 5.26 Å². The van der Waals surface area contributed by atoms with Crippen LogP contribution < -0.4 is 0 Å². The van der Waals surface area contributed by atoms with Crippen molar-refractivity contribution >= 4 is 0 Å². The summed E-state index contributed by atoms with van der Waals surface area (Å²) in [5.74, 6) is 0. The largest absolute Gasteiger partial charge is 0.385 e. The topological polar surface area (TPSA) is 80.4 Å². The van der Waals surface area contributed by atoms with Crippen molar-refractivity contribution in [2.45, 2.75) is 32.4 Å². The van der Waals surface area contributed by atoms with Gasteiger partial charge in [0.15, 0.2) is 0 Å². The fourth-order valence-corrected chi connectivity index (χ4v) is 1.23. The average molecular weight is 235 g/mol. The number of hydrogen-bond donors (Lipinski definition) is 2. The highest BCUT2D eigenvalue weighted by Crippen LogP contribution is 2.17. The lowest BCUT2D eigenvalue weighted by Gasteiger charge is -2.30. The van der Waals surface area contributed by atoms with Crippen LogP contribution in [0.2, 0.25) is 0 Å². The van der Waals surface area contributed by atoms with Gasteiger partial charge < -0.3 is 10.3 Å². The fraction of sp³-hybridized carbons (Fsp3) is 0.500. The Morgan fingerprint density at radius 1 is 1.47 bits per heavy atom. The molecular weight excluding hydrogens is 218 g/mol. The van der Waals surface area contributed by atoms with Gasteiger partial charge in [-0.15, -0.1) is 0 Å². The van der Waals surface area contributed by atoms with Gasteiger partial charge in [-0.25, -0.2) is 4.98 Å². The molecule has 0 bridgehead atoms. The van der Waals surface area contributed by atoms with E-state index in [1.165, 1.54) is 0 Å². The first kappa shape index (κ1) is 13.6. The van der Waals surface area contributed by atoms with Crippen LogP contribution in [0.25, 0.3) is 0 Å². The van der Waals surface area contributed by atoms with Crippen LogP contribution in [0.3, 0.4) is 0 Å². The Labute approximate surface area is 101 Å². The van der Waals surface area contributed by atoms with E-state index in [-0.39, 0.29) is 12.2 Å². The summed E-state index contributed by atoms with van der Waals surface area (Å²) in [7, 11) is 0. The monoisotopic (exact) mass is 235 g/mol. The Hall–Kier alpha value is -1.48. The second-order valence-corrected chi connectivity index (χ2v) is 4.83. The van der Waals surface area contributed by atoms with Crippen LogP contribution in [-0.4, -0.2) is 32.4 Å². The molecule has 0 aliphatic heterocycles. The highest BCUT2D eigenvalue weighted by molar-refractivity contribution is 5.23. The lowest BCUT2D eigenvalue weighted by Crippen LogP contribution is -2.41. The van der Waals surface area contributed by atoms with Gasteiger partial charge in [-0.3, -0.25) is 0 Å². The average Bonchev–Trinajstić information content (AvgIpc) is 2.27. The molecule has 1 aromatic rings. The third-order valence-electron chi connectivity index (χ3n) is 2.35. The predicted octanol–water partition coefficient (Wildman–Crippen LogP) is 1.48. The molecule has 1 atom stereocenters. The van der Waals surface area contributed by atoms with Crippen LogP contribution in [0.1, 0.15) is 38.3 Å². The number of aliphatic hydroxyl groups excluding tert-OH is 1. The van der Waals surface area contributed by atoms with Crippen LogP contribution in [0.15, 0.2) is 18.2 Å². The van der Waals surface area contributed by atoms with Gasteiger partial charge in [0.25, 0.3) is 0 Å². The maximum atomic E-state index is 9.90. The van der Waals surface area contributed by atoms with Crippen molar-refractivity contribution in [2.75, 3.05) is 6.54 Å². The smallest absolute Gasteiger partial charge is 0.140 e. The number of nitriles is 1. The normalized spacial score (nSPS) is 13.5. The molecule has 0 saturated heterocycles. The summed E-state index contributed by atoms with van der Waals surface area (Å²) >= 11 is 0. The highest BCUT2D eigenvalue weighted by atomic mass is 16.5. The second kappa shape index (κ2) is 5.23. The SMILES string of the molecule is CC(C)(C)N(O)C[C@H](O)c1cccc(C#N)n1. The first-order chi connectivity index (χ1) is 7.84. The van der Waals surface area contributed by atoms with Gasteiger partial charge in [-0.2, -0.15) is 10.3 Å². The number of hydroxylamine groups is 2. The van der Waals surface area contributed by atoms with Gasteiger partial charge in [0.05, 0.1) is 12.2 Å². The minimum atomic E-state index is -0.924. The maximum absolute atomic E-state index is 9.90. The van der Waals surface area contributed by atoms with Crippen molar-refractivity contribution in [2.24, 2.45) is 0 Å². The summed E-state index contributed by atoms with van der Waals surface area (Å²) < 4.78 is 0. The fourth-order valence-electron chi connectivity index (χ4n) is 1.23. The van der Waals surface area contributed by atoms with Crippen LogP contribution >= 0.6 is 0 Å². The molecule has 0 unspecified atom stereocenters. The molecule has 2 N–H and O–H groups in total. The Balaban J connectivity index is 2.77. The summed E-state index contributed by atoms with van der Waals surface area (Å²) in [6, 6.07) is 6.76. The van der Waals surface area contributed by atoms with Crippen molar-refractivity contribution in [3.63, 3.8) is 0 Å². The molecule has 0 fully saturated rings. The Kier molecular flexibility index (Phi) is 4.18. The summed E-state index contributed by atoms with van der Waals surface area (Å²) in [5, 5.41) is 29.4. The Morgan fingerprint density at radius 3 is 2.65 bits per heavy atom. The van der Waals surface area contributed by atoms with Crippen molar-refractivity contribution in [3.8, 4) is 6.07 Å². The van der Waals surface area contributed by atoms with Crippen LogP contribution in [0.5, 0.6) is 0 Å². The molecule has 5 nitrogen and oxygen atoms in total. The van der Waals surface area contributed by atoms with Gasteiger partial charge in [0.1, 0.15) is 17.9 Å². The summed E-state index contributed by atoms with van der Waals surface area (Å²) in [6.07, 6.45) is -0.924. The van der Waals surface area contributed by atoms with E-state index >= 15 is 0 Å². The molecule has 1 rings (SSSR count). The number of aromatic nitrogens is 1. The molecule has 0 radical (unpaired) electrons. The first-order valence-corrected chi connectivity index (χ1v) is 5.36. The standard InChI is InChI=1S/C12H17N3O2/c1-12(2,3)15(17)8-11(16)10-6-4-5-9(7-13)14-10/h4-6,11,16-17H,8H2,1-3H3/t11-/m0/s1. The maximum Gasteiger partial charge on any atom is 0.140 e. The highest BCUT2D eigenvalue weighted by Gasteiger charge is 2.23. The lowest BCUT2D eigenvalue weighted by atomic mass is 10.1. The quantitative estimate of drug-likeness (QED) is 0.775. The van der Waals surface area contributed by atoms with E-state index in [0.717, 1.165) is 5.06 Å². The number of pyridine rings is 1. The molecule has 0 aliphatic carbocycles. The molecule has 1 heterocycles. The van der Waals surface area contributed by atoms with Crippen molar-refractivity contribution in [3.05, 3.63) is 29.6 Å². The molecule has 17 heavy (non-hydrogen) atoms. The lowest BCUT2D eigenvalue weighted by molar-refractivity contribution is -0.172. The van der Waals surface area contributed by atoms with Crippen LogP contribution in [-0.2, 0) is 0 Å². The Bertz CT molecular complexity index is 420. The molecule has 1 aromatic heterocycles. The van der Waals surface area contributed by atoms with Crippen molar-refractivity contribution in [1.82, 2.24) is 10.0 Å². The molecule has 0 saturated carbocycles. The Morgan fingerprint density at radius 2 is 2.12 bits per heavy atom. The van der Waals surface area contributed by atoms with E-state index in [2.05, 4.69) is 4.98 Å². The van der Waals surface area contributed by atoms with Gasteiger partial charge in [0.2, 0.25) is 0 Å². The van der Waals surface area contributed by atoms with Crippen molar-refractivity contribution < 1.29 is 10.3 Å². The predicted molar refractivity (Wildman–Crippen MR) is 62.2 cm³/mol. The molecule has 92 valence electrons. The summed E-state index contributed by atoms with van der Waals surface area (Å²) in [5.41, 5.74) is 0.183. The zero-order chi connectivity index (χ0) is 13.1. The molecular formula is C12H17N3O2. The molecule has 0 amide bonds. The van der Waals surface area contributed by atoms with Crippen LogP contribution in [0.4, 0.5) is 0 Å². The van der Waals surface area contributed by atoms with Crippen molar-refractivity contribution in [1.29, 1.82) is 5.26 Å². The zero-order valence-corrected chi connectivity index (χ0v) is 10.3. The number of nitrogens with zero attached hydrogens (tertiary/aromatic N) is 3. The summed E-state index contributed by atoms with van der Waals surface area (Å²) in [4.78, 5) is 3.98. The number of hydrogen-bond acceptors (Lipinski definition) is 5. The van der Waals surface area contributed by atoms with Gasteiger partial charge in [-0.1, -0.05) is 6.07 Å². The number of β-amino-alcohol motifs (C(OH)–C–C–N with tert-alkyl or cyclic N) is 1. The van der Waals surface area contributed by atoms with Gasteiger partial charge in [0, 0.05) is 5.54 Å². The van der Waals surface area contributed by atoms with E-state index in [0.29, 0.717) is 5.69 Å². The van der Waals surface area contributed by atoms with E-state index < -0.39 is 11.6 Å². The third kappa shape index (κ3) is 3.79. The third-order valence-corrected chi connectivity index (χ3v) is 2.35. The minimum absolute atomic E-state index is 0.0470. The molecule has 0 aliphatic rings. The zero-order valence-electron chi connectivity index (χ0n) is 10.3. The summed E-state index contributed by atoms with van der Waals surface area (Å²) in [6.45, 7) is 5.54. The molecule has 0 aromatic carbocycles. The van der Waals surface area contributed by atoms with E-state index in [1.807, 2.05) is 26.8 Å². The van der Waals surface area contributed by atoms with Gasteiger partial charge >= 0.3 is 0 Å². The number of rotatable bonds is 3. The second-order valence-electron chi connectivity index (χ2n) is 4.83. The molecule has 5 heteroatoms. The van der Waals surface area contributed by atoms with E-state index in [1.54, 1.807) is 18.2 Å². The molecule has 0 spiro atoms. The number of aliphatic hydroxyl groups is 1. The first-order valence-electron chi connectivity index (χ1n) is 5.36.